The fourth-order valence-electron chi connectivity index (χ4n) is 3.10. The van der Waals surface area contributed by atoms with Crippen molar-refractivity contribution in [2.45, 2.75) is 46.1 Å². The topological polar surface area (TPSA) is 46.5 Å². The molecule has 2 rings (SSSR count). The van der Waals surface area contributed by atoms with Gasteiger partial charge in [0.2, 0.25) is 0 Å². The van der Waals surface area contributed by atoms with Crippen LogP contribution in [0.1, 0.15) is 50.4 Å². The van der Waals surface area contributed by atoms with E-state index in [9.17, 15) is 9.90 Å². The molecule has 1 aromatic carbocycles. The summed E-state index contributed by atoms with van der Waals surface area (Å²) in [5.41, 5.74) is 0.258. The van der Waals surface area contributed by atoms with Gasteiger partial charge in [0.05, 0.1) is 0 Å². The molecule has 0 heterocycles. The summed E-state index contributed by atoms with van der Waals surface area (Å²) in [7, 11) is 0. The fraction of sp³-hybridized carbons (Fsp3) is 0.588. The minimum absolute atomic E-state index is 0.0116. The highest BCUT2D eigenvalue weighted by Crippen LogP contribution is 2.36. The number of hydrogen-bond donors (Lipinski definition) is 1. The van der Waals surface area contributed by atoms with Crippen LogP contribution in [-0.2, 0) is 4.74 Å². The standard InChI is InChI=1S/C17H24O3/c1-11(2)13-9-8-12(3)10-16(13)20-17(19)14-6-4-5-7-15(14)18/h4-7,11-13,16,18H,8-10H2,1-3H3/t12-,13-,16-/m1/s1. The molecule has 110 valence electrons. The molecule has 1 saturated carbocycles. The zero-order chi connectivity index (χ0) is 14.7. The molecule has 0 spiro atoms. The Labute approximate surface area is 121 Å². The van der Waals surface area contributed by atoms with Gasteiger partial charge in [-0.05, 0) is 42.7 Å². The van der Waals surface area contributed by atoms with Crippen LogP contribution < -0.4 is 0 Å². The molecule has 3 nitrogen and oxygen atoms in total. The number of phenols is 1. The molecule has 1 N–H and O–H groups in total. The average molecular weight is 276 g/mol. The molecule has 20 heavy (non-hydrogen) atoms. The van der Waals surface area contributed by atoms with Gasteiger partial charge in [-0.1, -0.05) is 39.3 Å². The van der Waals surface area contributed by atoms with E-state index in [0.29, 0.717) is 17.8 Å². The van der Waals surface area contributed by atoms with Gasteiger partial charge < -0.3 is 9.84 Å². The van der Waals surface area contributed by atoms with Crippen LogP contribution in [0.25, 0.3) is 0 Å². The van der Waals surface area contributed by atoms with Gasteiger partial charge in [0.1, 0.15) is 17.4 Å². The van der Waals surface area contributed by atoms with Gasteiger partial charge in [-0.25, -0.2) is 4.79 Å². The van der Waals surface area contributed by atoms with Gasteiger partial charge >= 0.3 is 5.97 Å². The van der Waals surface area contributed by atoms with Crippen LogP contribution in [0.15, 0.2) is 24.3 Å². The Morgan fingerprint density at radius 1 is 1.30 bits per heavy atom. The van der Waals surface area contributed by atoms with Crippen LogP contribution >= 0.6 is 0 Å². The second-order valence-corrected chi connectivity index (χ2v) is 6.29. The predicted molar refractivity (Wildman–Crippen MR) is 78.7 cm³/mol. The molecule has 0 bridgehead atoms. The molecule has 1 aromatic rings. The van der Waals surface area contributed by atoms with Crippen molar-refractivity contribution in [2.24, 2.45) is 17.8 Å². The van der Waals surface area contributed by atoms with Gasteiger partial charge in [0.25, 0.3) is 0 Å². The lowest BCUT2D eigenvalue weighted by molar-refractivity contribution is -0.0176. The molecule has 0 aromatic heterocycles. The molecule has 0 radical (unpaired) electrons. The molecule has 1 aliphatic rings. The normalized spacial score (nSPS) is 26.5. The summed E-state index contributed by atoms with van der Waals surface area (Å²) in [5, 5.41) is 9.74. The molecule has 1 aliphatic carbocycles. The highest BCUT2D eigenvalue weighted by molar-refractivity contribution is 5.92. The van der Waals surface area contributed by atoms with Crippen LogP contribution in [0.2, 0.25) is 0 Å². The molecule has 0 saturated heterocycles. The van der Waals surface area contributed by atoms with Gasteiger partial charge in [0, 0.05) is 0 Å². The quantitative estimate of drug-likeness (QED) is 0.848. The lowest BCUT2D eigenvalue weighted by Gasteiger charge is -2.36. The van der Waals surface area contributed by atoms with Gasteiger partial charge in [0.15, 0.2) is 0 Å². The summed E-state index contributed by atoms with van der Waals surface area (Å²) in [5.74, 6) is 1.09. The molecule has 3 atom stereocenters. The number of aromatic hydroxyl groups is 1. The Balaban J connectivity index is 2.10. The van der Waals surface area contributed by atoms with E-state index in [1.165, 1.54) is 12.5 Å². The number of ether oxygens (including phenoxy) is 1. The number of esters is 1. The Morgan fingerprint density at radius 2 is 2.00 bits per heavy atom. The lowest BCUT2D eigenvalue weighted by atomic mass is 9.75. The van der Waals surface area contributed by atoms with Crippen LogP contribution in [0.3, 0.4) is 0 Å². The third kappa shape index (κ3) is 3.33. The first-order chi connectivity index (χ1) is 9.49. The second-order valence-electron chi connectivity index (χ2n) is 6.29. The molecule has 0 amide bonds. The van der Waals surface area contributed by atoms with Crippen molar-refractivity contribution < 1.29 is 14.6 Å². The van der Waals surface area contributed by atoms with Crippen molar-refractivity contribution in [2.75, 3.05) is 0 Å². The van der Waals surface area contributed by atoms with E-state index in [0.717, 1.165) is 12.8 Å². The first-order valence-electron chi connectivity index (χ1n) is 7.48. The molecule has 3 heteroatoms. The van der Waals surface area contributed by atoms with Crippen molar-refractivity contribution in [1.29, 1.82) is 0 Å². The zero-order valence-electron chi connectivity index (χ0n) is 12.5. The second kappa shape index (κ2) is 6.29. The minimum Gasteiger partial charge on any atom is -0.507 e. The summed E-state index contributed by atoms with van der Waals surface area (Å²) >= 11 is 0. The molecule has 0 unspecified atom stereocenters. The van der Waals surface area contributed by atoms with Crippen molar-refractivity contribution >= 4 is 5.97 Å². The first kappa shape index (κ1) is 14.9. The van der Waals surface area contributed by atoms with Crippen molar-refractivity contribution in [3.8, 4) is 5.75 Å². The number of para-hydroxylation sites is 1. The Hall–Kier alpha value is -1.51. The minimum atomic E-state index is -0.409. The molecule has 1 fully saturated rings. The molecular formula is C17H24O3. The van der Waals surface area contributed by atoms with Gasteiger partial charge in [-0.3, -0.25) is 0 Å². The van der Waals surface area contributed by atoms with E-state index in [2.05, 4.69) is 20.8 Å². The number of rotatable bonds is 3. The van der Waals surface area contributed by atoms with Crippen molar-refractivity contribution in [3.63, 3.8) is 0 Å². The maximum absolute atomic E-state index is 12.2. The number of phenolic OH excluding ortho intramolecular Hbond substituents is 1. The van der Waals surface area contributed by atoms with E-state index < -0.39 is 5.97 Å². The first-order valence-corrected chi connectivity index (χ1v) is 7.48. The van der Waals surface area contributed by atoms with Crippen LogP contribution in [0.4, 0.5) is 0 Å². The lowest BCUT2D eigenvalue weighted by Crippen LogP contribution is -2.35. The number of carbonyl (C=O) groups excluding carboxylic acids is 1. The Morgan fingerprint density at radius 3 is 2.65 bits per heavy atom. The largest absolute Gasteiger partial charge is 0.507 e. The highest BCUT2D eigenvalue weighted by Gasteiger charge is 2.33. The number of hydrogen-bond acceptors (Lipinski definition) is 3. The van der Waals surface area contributed by atoms with E-state index in [4.69, 9.17) is 4.74 Å². The summed E-state index contributed by atoms with van der Waals surface area (Å²) in [6.45, 7) is 6.57. The summed E-state index contributed by atoms with van der Waals surface area (Å²) < 4.78 is 5.70. The number of carbonyl (C=O) groups is 1. The Bertz CT molecular complexity index is 467. The smallest absolute Gasteiger partial charge is 0.342 e. The summed E-state index contributed by atoms with van der Waals surface area (Å²) in [4.78, 5) is 12.2. The highest BCUT2D eigenvalue weighted by atomic mass is 16.5. The van der Waals surface area contributed by atoms with E-state index in [1.54, 1.807) is 18.2 Å². The average Bonchev–Trinajstić information content (AvgIpc) is 2.38. The number of benzene rings is 1. The summed E-state index contributed by atoms with van der Waals surface area (Å²) in [6, 6.07) is 6.56. The third-order valence-corrected chi connectivity index (χ3v) is 4.34. The molecular weight excluding hydrogens is 252 g/mol. The zero-order valence-corrected chi connectivity index (χ0v) is 12.5. The van der Waals surface area contributed by atoms with Gasteiger partial charge in [-0.15, -0.1) is 0 Å². The maximum Gasteiger partial charge on any atom is 0.342 e. The van der Waals surface area contributed by atoms with E-state index in [-0.39, 0.29) is 17.4 Å². The van der Waals surface area contributed by atoms with E-state index in [1.807, 2.05) is 0 Å². The molecule has 0 aliphatic heterocycles. The SMILES string of the molecule is CC(C)[C@H]1CC[C@@H](C)C[C@H]1OC(=O)c1ccccc1O. The fourth-order valence-corrected chi connectivity index (χ4v) is 3.10. The van der Waals surface area contributed by atoms with Crippen molar-refractivity contribution in [1.82, 2.24) is 0 Å². The Kier molecular flexibility index (Phi) is 4.69. The van der Waals surface area contributed by atoms with Crippen LogP contribution in [0.5, 0.6) is 5.75 Å². The van der Waals surface area contributed by atoms with Crippen LogP contribution in [0, 0.1) is 17.8 Å². The van der Waals surface area contributed by atoms with E-state index >= 15 is 0 Å². The summed E-state index contributed by atoms with van der Waals surface area (Å²) in [6.07, 6.45) is 3.19. The maximum atomic E-state index is 12.2. The van der Waals surface area contributed by atoms with Crippen molar-refractivity contribution in [3.05, 3.63) is 29.8 Å². The third-order valence-electron chi connectivity index (χ3n) is 4.34. The predicted octanol–water partition coefficient (Wildman–Crippen LogP) is 4.01. The monoisotopic (exact) mass is 276 g/mol. The van der Waals surface area contributed by atoms with Crippen LogP contribution in [-0.4, -0.2) is 17.2 Å². The van der Waals surface area contributed by atoms with Gasteiger partial charge in [-0.2, -0.15) is 0 Å².